The van der Waals surface area contributed by atoms with E-state index in [-0.39, 0.29) is 0 Å². The van der Waals surface area contributed by atoms with Crippen LogP contribution in [0.15, 0.2) is 0 Å². The molecule has 6 heavy (non-hydrogen) atoms. The Balaban J connectivity index is 2.93. The fourth-order valence-electron chi connectivity index (χ4n) is 0.269. The van der Waals surface area contributed by atoms with Crippen LogP contribution in [-0.4, -0.2) is 13.0 Å². The minimum atomic E-state index is -2.24. The van der Waals surface area contributed by atoms with Gasteiger partial charge in [0.15, 0.2) is 0 Å². The third-order valence-corrected chi connectivity index (χ3v) is 0.503. The molecule has 1 heterocycles. The van der Waals surface area contributed by atoms with E-state index in [1.807, 2.05) is 5.32 Å². The Labute approximate surface area is 48.6 Å². The zero-order valence-corrected chi connectivity index (χ0v) is 3.23. The van der Waals surface area contributed by atoms with Gasteiger partial charge in [0.25, 0.3) is 0 Å². The smallest absolute Gasteiger partial charge is 0.0428 e. The van der Waals surface area contributed by atoms with E-state index in [1.165, 1.54) is 0 Å². The van der Waals surface area contributed by atoms with Crippen molar-refractivity contribution < 1.29 is 9.60 Å². The van der Waals surface area contributed by atoms with E-state index in [4.69, 9.17) is 9.60 Å². The van der Waals surface area contributed by atoms with Crippen LogP contribution in [0.2, 0.25) is 0 Å². The summed E-state index contributed by atoms with van der Waals surface area (Å²) in [4.78, 5) is 0. The highest BCUT2D eigenvalue weighted by Gasteiger charge is 1.93. The molecular formula is C5H11N. The Bertz CT molecular complexity index is 185. The van der Waals surface area contributed by atoms with Crippen molar-refractivity contribution in [3.63, 3.8) is 0 Å². The molecule has 0 saturated carbocycles. The third kappa shape index (κ3) is 0.977. The molecule has 2 atom stereocenters. The molecule has 1 aliphatic rings. The maximum atomic E-state index is 7.30. The third-order valence-electron chi connectivity index (χ3n) is 0.503. The maximum Gasteiger partial charge on any atom is 0.0428 e. The monoisotopic (exact) mass is 92.1 g/mol. The Kier molecular flexibility index (Phi) is 0.319. The topological polar surface area (TPSA) is 12.0 Å². The quantitative estimate of drug-likeness (QED) is 0.465. The summed E-state index contributed by atoms with van der Waals surface area (Å²) >= 11 is 0. The van der Waals surface area contributed by atoms with E-state index in [0.717, 1.165) is 0 Å². The lowest BCUT2D eigenvalue weighted by Gasteiger charge is -2.08. The van der Waals surface area contributed by atoms with Gasteiger partial charge >= 0.3 is 0 Å². The summed E-state index contributed by atoms with van der Waals surface area (Å²) in [5.74, 6) is 0. The van der Waals surface area contributed by atoms with Gasteiger partial charge in [0, 0.05) is 9.60 Å². The molecule has 0 amide bonds. The number of hydrogen-bond acceptors (Lipinski definition) is 1. The second kappa shape index (κ2) is 2.19. The van der Waals surface area contributed by atoms with Crippen LogP contribution in [0, 0.1) is 0 Å². The number of rotatable bonds is 0. The number of nitrogens with one attached hydrogen (secondary N) is 1. The summed E-state index contributed by atoms with van der Waals surface area (Å²) in [5.41, 5.74) is 0. The van der Waals surface area contributed by atoms with Crippen LogP contribution in [0.25, 0.3) is 0 Å². The predicted molar refractivity (Wildman–Crippen MR) is 26.7 cm³/mol. The Morgan fingerprint density at radius 1 is 1.17 bits per heavy atom. The van der Waals surface area contributed by atoms with Crippen LogP contribution in [-0.2, 0) is 0 Å². The first kappa shape index (κ1) is 0.873. The molecular weight excluding hydrogens is 74.1 g/mol. The van der Waals surface area contributed by atoms with Crippen LogP contribution in [0.3, 0.4) is 0 Å². The average molecular weight is 92.2 g/mol. The Morgan fingerprint density at radius 2 is 1.83 bits per heavy atom. The normalized spacial score (nSPS) is 94.7. The molecule has 0 bridgehead atoms. The fraction of sp³-hybridized carbons (Fsp3) is 1.00. The zero-order valence-electron chi connectivity index (χ0n) is 10.2. The first-order chi connectivity index (χ1) is 5.68. The summed E-state index contributed by atoms with van der Waals surface area (Å²) in [7, 11) is 0. The van der Waals surface area contributed by atoms with Crippen molar-refractivity contribution in [2.75, 3.05) is 13.0 Å². The highest BCUT2D eigenvalue weighted by Crippen LogP contribution is 1.96. The molecule has 36 valence electrons. The van der Waals surface area contributed by atoms with Gasteiger partial charge in [0.2, 0.25) is 0 Å². The lowest BCUT2D eigenvalue weighted by atomic mass is 10.2. The molecule has 0 radical (unpaired) electrons. The van der Waals surface area contributed by atoms with Gasteiger partial charge in [-0.2, -0.15) is 0 Å². The van der Waals surface area contributed by atoms with Crippen molar-refractivity contribution in [2.24, 2.45) is 0 Å². The lowest BCUT2D eigenvalue weighted by Crippen LogP contribution is -2.21. The number of hydrogen-bond donors (Lipinski definition) is 1. The fourth-order valence-corrected chi connectivity index (χ4v) is 0.269. The van der Waals surface area contributed by atoms with E-state index in [2.05, 4.69) is 0 Å². The summed E-state index contributed by atoms with van der Waals surface area (Å²) in [6.45, 7) is -4.49. The molecule has 0 aromatic rings. The van der Waals surface area contributed by atoms with Gasteiger partial charge < -0.3 is 5.32 Å². The van der Waals surface area contributed by atoms with Gasteiger partial charge in [0.05, 0.1) is 0 Å². The molecule has 2 unspecified atom stereocenters. The summed E-state index contributed by atoms with van der Waals surface area (Å²) in [5, 5.41) is 1.93. The highest BCUT2D eigenvalue weighted by atomic mass is 14.9. The molecule has 0 aliphatic carbocycles. The molecule has 1 N–H and O–H groups in total. The first-order valence-electron chi connectivity index (χ1n) is 5.48. The van der Waals surface area contributed by atoms with Gasteiger partial charge in [0.1, 0.15) is 0 Å². The predicted octanol–water partition coefficient (Wildman–Crippen LogP) is 0.760. The van der Waals surface area contributed by atoms with Crippen molar-refractivity contribution >= 4 is 0 Å². The molecule has 1 heteroatoms. The van der Waals surface area contributed by atoms with Crippen LogP contribution in [0.4, 0.5) is 0 Å². The minimum Gasteiger partial charge on any atom is -0.317 e. The standard InChI is InChI=1S/C5H11N/c1-2-4-6-5-3-1/h6H,1-5H2/i1D,2D,3D,4D2,5D2. The molecule has 1 nitrogen and oxygen atoms in total. The van der Waals surface area contributed by atoms with Gasteiger partial charge in [-0.1, -0.05) is 6.40 Å². The highest BCUT2D eigenvalue weighted by molar-refractivity contribution is 4.55. The van der Waals surface area contributed by atoms with E-state index in [9.17, 15) is 0 Å². The molecule has 0 aromatic carbocycles. The van der Waals surface area contributed by atoms with Gasteiger partial charge in [-0.3, -0.25) is 0 Å². The Morgan fingerprint density at radius 3 is 2.50 bits per heavy atom. The van der Waals surface area contributed by atoms with Crippen LogP contribution < -0.4 is 5.32 Å². The Hall–Kier alpha value is -0.0400. The van der Waals surface area contributed by atoms with Gasteiger partial charge in [-0.15, -0.1) is 0 Å². The summed E-state index contributed by atoms with van der Waals surface area (Å²) in [6.07, 6.45) is -4.23. The van der Waals surface area contributed by atoms with E-state index >= 15 is 0 Å². The van der Waals surface area contributed by atoms with Gasteiger partial charge in [-0.05, 0) is 25.8 Å². The number of piperidine rings is 1. The van der Waals surface area contributed by atoms with E-state index in [0.29, 0.717) is 0 Å². The van der Waals surface area contributed by atoms with Crippen molar-refractivity contribution in [3.8, 4) is 0 Å². The SMILES string of the molecule is [2H]C1C([2H])C([2H])([2H])NC([2H])([2H])C1[2H]. The molecule has 0 aromatic heterocycles. The average Bonchev–Trinajstić information content (AvgIpc) is 1.96. The van der Waals surface area contributed by atoms with E-state index < -0.39 is 32.2 Å². The maximum absolute atomic E-state index is 7.30. The van der Waals surface area contributed by atoms with E-state index in [1.54, 1.807) is 0 Å². The second-order valence-electron chi connectivity index (χ2n) is 0.939. The van der Waals surface area contributed by atoms with Gasteiger partial charge in [-0.25, -0.2) is 0 Å². The largest absolute Gasteiger partial charge is 0.317 e. The first-order valence-corrected chi connectivity index (χ1v) is 1.74. The lowest BCUT2D eigenvalue weighted by molar-refractivity contribution is 0.520. The molecule has 0 spiro atoms. The molecule has 1 saturated heterocycles. The summed E-state index contributed by atoms with van der Waals surface area (Å²) in [6, 6.07) is 0. The summed E-state index contributed by atoms with van der Waals surface area (Å²) < 4.78 is 50.8. The van der Waals surface area contributed by atoms with Crippen molar-refractivity contribution in [1.82, 2.24) is 5.32 Å². The molecule has 1 rings (SSSR count). The van der Waals surface area contributed by atoms with Crippen LogP contribution >= 0.6 is 0 Å². The second-order valence-corrected chi connectivity index (χ2v) is 0.939. The van der Waals surface area contributed by atoms with Crippen molar-refractivity contribution in [3.05, 3.63) is 0 Å². The molecule has 1 aliphatic heterocycles. The van der Waals surface area contributed by atoms with Crippen LogP contribution in [0.1, 0.15) is 28.8 Å². The van der Waals surface area contributed by atoms with Crippen LogP contribution in [0.5, 0.6) is 0 Å². The van der Waals surface area contributed by atoms with Crippen molar-refractivity contribution in [2.45, 2.75) is 19.2 Å². The minimum absolute atomic E-state index is 1.37. The molecule has 1 fully saturated rings. The zero-order chi connectivity index (χ0) is 10.4. The van der Waals surface area contributed by atoms with Crippen molar-refractivity contribution in [1.29, 1.82) is 0 Å².